The van der Waals surface area contributed by atoms with Crippen LogP contribution in [0.3, 0.4) is 0 Å². The molecular formula is C20H14F3N3OS. The van der Waals surface area contributed by atoms with Gasteiger partial charge >= 0.3 is 6.18 Å². The smallest absolute Gasteiger partial charge is 0.310 e. The van der Waals surface area contributed by atoms with Crippen molar-refractivity contribution in [3.8, 4) is 11.1 Å². The standard InChI is InChI=1S/C20H14F3N3OS/c1-11-16(12-5-3-2-4-6-12)17-18(27)25-15(26-19(17)28-11)9-14-8-7-13(10-24-14)20(21,22)23/h2-8,10H,9H2,1H3,(H,25,26,27). The van der Waals surface area contributed by atoms with Crippen LogP contribution < -0.4 is 5.56 Å². The molecule has 0 aliphatic rings. The number of hydrogen-bond donors (Lipinski definition) is 1. The molecule has 4 nitrogen and oxygen atoms in total. The number of thiophene rings is 1. The lowest BCUT2D eigenvalue weighted by atomic mass is 10.0. The number of rotatable bonds is 3. The summed E-state index contributed by atoms with van der Waals surface area (Å²) in [5.74, 6) is 0.366. The van der Waals surface area contributed by atoms with E-state index in [2.05, 4.69) is 15.0 Å². The fraction of sp³-hybridized carbons (Fsp3) is 0.150. The van der Waals surface area contributed by atoms with Crippen molar-refractivity contribution >= 4 is 21.6 Å². The van der Waals surface area contributed by atoms with Gasteiger partial charge in [-0.25, -0.2) is 4.98 Å². The first kappa shape index (κ1) is 18.4. The number of benzene rings is 1. The van der Waals surface area contributed by atoms with E-state index in [0.29, 0.717) is 21.7 Å². The quantitative estimate of drug-likeness (QED) is 0.528. The van der Waals surface area contributed by atoms with Gasteiger partial charge in [0.05, 0.1) is 10.9 Å². The second-order valence-corrected chi connectivity index (χ2v) is 7.51. The first-order valence-electron chi connectivity index (χ1n) is 8.43. The molecule has 0 radical (unpaired) electrons. The van der Waals surface area contributed by atoms with Crippen LogP contribution >= 0.6 is 11.3 Å². The van der Waals surface area contributed by atoms with Gasteiger partial charge in [-0.15, -0.1) is 11.3 Å². The van der Waals surface area contributed by atoms with E-state index in [9.17, 15) is 18.0 Å². The van der Waals surface area contributed by atoms with E-state index in [-0.39, 0.29) is 12.0 Å². The maximum absolute atomic E-state index is 12.7. The van der Waals surface area contributed by atoms with E-state index in [1.807, 2.05) is 37.3 Å². The first-order valence-corrected chi connectivity index (χ1v) is 9.24. The molecule has 0 aliphatic heterocycles. The molecule has 0 fully saturated rings. The number of aromatic amines is 1. The first-order chi connectivity index (χ1) is 13.3. The lowest BCUT2D eigenvalue weighted by molar-refractivity contribution is -0.137. The van der Waals surface area contributed by atoms with Gasteiger partial charge in [0.15, 0.2) is 0 Å². The Morgan fingerprint density at radius 1 is 1.11 bits per heavy atom. The number of halogens is 3. The van der Waals surface area contributed by atoms with Crippen LogP contribution in [0.2, 0.25) is 0 Å². The third-order valence-corrected chi connectivity index (χ3v) is 5.35. The van der Waals surface area contributed by atoms with Crippen molar-refractivity contribution in [3.05, 3.63) is 81.0 Å². The summed E-state index contributed by atoms with van der Waals surface area (Å²) in [4.78, 5) is 25.4. The van der Waals surface area contributed by atoms with E-state index >= 15 is 0 Å². The van der Waals surface area contributed by atoms with E-state index < -0.39 is 11.7 Å². The van der Waals surface area contributed by atoms with Crippen molar-refractivity contribution in [3.63, 3.8) is 0 Å². The van der Waals surface area contributed by atoms with E-state index in [0.717, 1.165) is 28.3 Å². The highest BCUT2D eigenvalue weighted by Crippen LogP contribution is 2.35. The van der Waals surface area contributed by atoms with Crippen LogP contribution in [0.25, 0.3) is 21.3 Å². The van der Waals surface area contributed by atoms with Gasteiger partial charge in [-0.2, -0.15) is 13.2 Å². The molecule has 3 heterocycles. The molecule has 0 spiro atoms. The van der Waals surface area contributed by atoms with Gasteiger partial charge in [-0.3, -0.25) is 9.78 Å². The Labute approximate surface area is 161 Å². The maximum Gasteiger partial charge on any atom is 0.417 e. The number of aryl methyl sites for hydroxylation is 1. The number of fused-ring (bicyclic) bond motifs is 1. The zero-order chi connectivity index (χ0) is 19.9. The number of nitrogens with zero attached hydrogens (tertiary/aromatic N) is 2. The summed E-state index contributed by atoms with van der Waals surface area (Å²) in [5.41, 5.74) is 1.11. The molecular weight excluding hydrogens is 387 g/mol. The minimum Gasteiger partial charge on any atom is -0.310 e. The van der Waals surface area contributed by atoms with Gasteiger partial charge in [0, 0.05) is 28.8 Å². The highest BCUT2D eigenvalue weighted by molar-refractivity contribution is 7.19. The predicted molar refractivity (Wildman–Crippen MR) is 102 cm³/mol. The Kier molecular flexibility index (Phi) is 4.50. The van der Waals surface area contributed by atoms with Crippen molar-refractivity contribution in [1.82, 2.24) is 15.0 Å². The van der Waals surface area contributed by atoms with Gasteiger partial charge in [0.1, 0.15) is 10.7 Å². The number of alkyl halides is 3. The third-order valence-electron chi connectivity index (χ3n) is 4.35. The van der Waals surface area contributed by atoms with Crippen LogP contribution in [0.1, 0.15) is 22.0 Å². The molecule has 1 aromatic carbocycles. The monoisotopic (exact) mass is 401 g/mol. The molecule has 0 saturated heterocycles. The highest BCUT2D eigenvalue weighted by atomic mass is 32.1. The van der Waals surface area contributed by atoms with Gasteiger partial charge < -0.3 is 4.98 Å². The van der Waals surface area contributed by atoms with Crippen LogP contribution in [-0.2, 0) is 12.6 Å². The van der Waals surface area contributed by atoms with Crippen LogP contribution in [0, 0.1) is 6.92 Å². The molecule has 0 bridgehead atoms. The zero-order valence-electron chi connectivity index (χ0n) is 14.7. The summed E-state index contributed by atoms with van der Waals surface area (Å²) in [6.07, 6.45) is -3.50. The number of H-pyrrole nitrogens is 1. The lowest BCUT2D eigenvalue weighted by Gasteiger charge is -2.07. The molecule has 0 unspecified atom stereocenters. The van der Waals surface area contributed by atoms with Crippen molar-refractivity contribution in [2.24, 2.45) is 0 Å². The van der Waals surface area contributed by atoms with Crippen molar-refractivity contribution < 1.29 is 13.2 Å². The van der Waals surface area contributed by atoms with E-state index in [4.69, 9.17) is 0 Å². The molecule has 1 N–H and O–H groups in total. The highest BCUT2D eigenvalue weighted by Gasteiger charge is 2.30. The minimum atomic E-state index is -4.43. The molecule has 0 amide bonds. The normalized spacial score (nSPS) is 11.9. The van der Waals surface area contributed by atoms with Gasteiger partial charge in [0.25, 0.3) is 5.56 Å². The molecule has 4 rings (SSSR count). The average molecular weight is 401 g/mol. The van der Waals surface area contributed by atoms with E-state index in [1.165, 1.54) is 17.4 Å². The van der Waals surface area contributed by atoms with Crippen LogP contribution in [0.5, 0.6) is 0 Å². The summed E-state index contributed by atoms with van der Waals surface area (Å²) < 4.78 is 38.0. The number of pyridine rings is 1. The van der Waals surface area contributed by atoms with Crippen molar-refractivity contribution in [1.29, 1.82) is 0 Å². The number of nitrogens with one attached hydrogen (secondary N) is 1. The molecule has 8 heteroatoms. The maximum atomic E-state index is 12.7. The van der Waals surface area contributed by atoms with Gasteiger partial charge in [0.2, 0.25) is 0 Å². The summed E-state index contributed by atoms with van der Waals surface area (Å²) in [6.45, 7) is 1.94. The van der Waals surface area contributed by atoms with Gasteiger partial charge in [-0.05, 0) is 24.6 Å². The fourth-order valence-corrected chi connectivity index (χ4v) is 4.13. The second-order valence-electron chi connectivity index (χ2n) is 6.30. The van der Waals surface area contributed by atoms with Crippen LogP contribution in [-0.4, -0.2) is 15.0 Å². The molecule has 4 aromatic rings. The Bertz CT molecular complexity index is 1200. The number of hydrogen-bond acceptors (Lipinski definition) is 4. The molecule has 3 aromatic heterocycles. The number of aromatic nitrogens is 3. The predicted octanol–water partition coefficient (Wildman–Crippen LogP) is 4.96. The Morgan fingerprint density at radius 2 is 1.86 bits per heavy atom. The van der Waals surface area contributed by atoms with Gasteiger partial charge in [-0.1, -0.05) is 30.3 Å². The van der Waals surface area contributed by atoms with Crippen molar-refractivity contribution in [2.75, 3.05) is 0 Å². The summed E-state index contributed by atoms with van der Waals surface area (Å²) in [7, 11) is 0. The Balaban J connectivity index is 1.72. The lowest BCUT2D eigenvalue weighted by Crippen LogP contribution is -2.12. The molecule has 0 aliphatic carbocycles. The topological polar surface area (TPSA) is 58.6 Å². The van der Waals surface area contributed by atoms with Crippen molar-refractivity contribution in [2.45, 2.75) is 19.5 Å². The summed E-state index contributed by atoms with van der Waals surface area (Å²) in [6, 6.07) is 11.9. The average Bonchev–Trinajstić information content (AvgIpc) is 2.98. The van der Waals surface area contributed by atoms with Crippen LogP contribution in [0.15, 0.2) is 53.5 Å². The largest absolute Gasteiger partial charge is 0.417 e. The Morgan fingerprint density at radius 3 is 2.50 bits per heavy atom. The minimum absolute atomic E-state index is 0.140. The Hall–Kier alpha value is -3.00. The summed E-state index contributed by atoms with van der Waals surface area (Å²) in [5, 5.41) is 0.526. The molecule has 0 saturated carbocycles. The third kappa shape index (κ3) is 3.43. The fourth-order valence-electron chi connectivity index (χ4n) is 3.07. The second kappa shape index (κ2) is 6.87. The zero-order valence-corrected chi connectivity index (χ0v) is 15.5. The molecule has 0 atom stereocenters. The summed E-state index contributed by atoms with van der Waals surface area (Å²) >= 11 is 1.42. The van der Waals surface area contributed by atoms with Crippen LogP contribution in [0.4, 0.5) is 13.2 Å². The molecule has 28 heavy (non-hydrogen) atoms. The van der Waals surface area contributed by atoms with E-state index in [1.54, 1.807) is 0 Å². The SMILES string of the molecule is Cc1sc2nc(Cc3ccc(C(F)(F)F)cn3)[nH]c(=O)c2c1-c1ccccc1. The molecule has 142 valence electrons.